The lowest BCUT2D eigenvalue weighted by Crippen LogP contribution is -2.16. The van der Waals surface area contributed by atoms with E-state index in [1.807, 2.05) is 0 Å². The Kier molecular flexibility index (Phi) is 2.12. The smallest absolute Gasteiger partial charge is 0.204 e. The molecule has 11 heavy (non-hydrogen) atoms. The number of carbonyl (C=O) groups excluding carboxylic acids is 1. The Morgan fingerprint density at radius 3 is 3.09 bits per heavy atom. The number of ketones is 1. The molecule has 1 N–H and O–H groups in total. The van der Waals surface area contributed by atoms with E-state index in [1.165, 1.54) is 6.08 Å². The number of aliphatic hydroxyl groups is 1. The van der Waals surface area contributed by atoms with Crippen molar-refractivity contribution < 1.29 is 9.90 Å². The van der Waals surface area contributed by atoms with E-state index >= 15 is 0 Å². The van der Waals surface area contributed by atoms with Crippen LogP contribution in [-0.2, 0) is 4.79 Å². The highest BCUT2D eigenvalue weighted by molar-refractivity contribution is 5.97. The van der Waals surface area contributed by atoms with Gasteiger partial charge >= 0.3 is 0 Å². The van der Waals surface area contributed by atoms with E-state index in [-0.39, 0.29) is 17.5 Å². The zero-order valence-electron chi connectivity index (χ0n) is 5.95. The molecule has 0 aromatic rings. The molecule has 1 aliphatic rings. The molecule has 0 saturated carbocycles. The highest BCUT2D eigenvalue weighted by Gasteiger charge is 2.19. The van der Waals surface area contributed by atoms with Gasteiger partial charge in [0.15, 0.2) is 5.76 Å². The van der Waals surface area contributed by atoms with Crippen LogP contribution in [0.25, 0.3) is 0 Å². The van der Waals surface area contributed by atoms with Crippen LogP contribution in [0.3, 0.4) is 0 Å². The van der Waals surface area contributed by atoms with Gasteiger partial charge in [-0.3, -0.25) is 4.79 Å². The molecule has 0 bridgehead atoms. The van der Waals surface area contributed by atoms with Gasteiger partial charge in [-0.1, -0.05) is 12.2 Å². The van der Waals surface area contributed by atoms with E-state index in [1.54, 1.807) is 12.2 Å². The normalized spacial score (nSPS) is 22.6. The van der Waals surface area contributed by atoms with Crippen LogP contribution in [0.5, 0.6) is 0 Å². The molecule has 0 aliphatic heterocycles. The topological polar surface area (TPSA) is 37.3 Å². The molecule has 1 rings (SSSR count). The summed E-state index contributed by atoms with van der Waals surface area (Å²) < 4.78 is 0. The van der Waals surface area contributed by atoms with Crippen LogP contribution in [0.2, 0.25) is 0 Å². The number of rotatable bonds is 1. The zero-order valence-corrected chi connectivity index (χ0v) is 5.95. The lowest BCUT2D eigenvalue weighted by molar-refractivity contribution is -0.120. The van der Waals surface area contributed by atoms with Crippen molar-refractivity contribution in [2.45, 2.75) is 6.42 Å². The van der Waals surface area contributed by atoms with E-state index in [0.717, 1.165) is 0 Å². The first-order valence-electron chi connectivity index (χ1n) is 3.31. The van der Waals surface area contributed by atoms with Crippen LogP contribution < -0.4 is 0 Å². The Hall–Kier alpha value is -1.49. The fourth-order valence-electron chi connectivity index (χ4n) is 0.928. The predicted octanol–water partition coefficient (Wildman–Crippen LogP) is 1.21. The van der Waals surface area contributed by atoms with Gasteiger partial charge < -0.3 is 5.11 Å². The highest BCUT2D eigenvalue weighted by Crippen LogP contribution is 2.15. The molecule has 0 heterocycles. The molecule has 0 aromatic carbocycles. The minimum absolute atomic E-state index is 0.201. The quantitative estimate of drug-likeness (QED) is 0.567. The molecule has 1 unspecified atom stereocenters. The third kappa shape index (κ3) is 1.50. The minimum Gasteiger partial charge on any atom is -0.504 e. The Labute approximate surface area is 65.2 Å². The van der Waals surface area contributed by atoms with Crippen LogP contribution in [0.1, 0.15) is 6.42 Å². The summed E-state index contributed by atoms with van der Waals surface area (Å²) in [5, 5.41) is 8.97. The van der Waals surface area contributed by atoms with Crippen molar-refractivity contribution in [3.63, 3.8) is 0 Å². The van der Waals surface area contributed by atoms with E-state index in [2.05, 4.69) is 5.92 Å². The van der Waals surface area contributed by atoms with Crippen LogP contribution in [0.4, 0.5) is 0 Å². The molecule has 0 amide bonds. The summed E-state index contributed by atoms with van der Waals surface area (Å²) in [6, 6.07) is 0. The van der Waals surface area contributed by atoms with Crippen molar-refractivity contribution in [1.29, 1.82) is 0 Å². The number of terminal acetylenes is 1. The molecule has 0 saturated heterocycles. The Morgan fingerprint density at radius 1 is 1.73 bits per heavy atom. The van der Waals surface area contributed by atoms with Crippen LogP contribution in [-0.4, -0.2) is 10.9 Å². The first kappa shape index (κ1) is 7.62. The van der Waals surface area contributed by atoms with Crippen molar-refractivity contribution in [2.75, 3.05) is 0 Å². The first-order chi connectivity index (χ1) is 5.25. The van der Waals surface area contributed by atoms with Crippen molar-refractivity contribution in [3.05, 3.63) is 24.0 Å². The van der Waals surface area contributed by atoms with E-state index in [9.17, 15) is 4.79 Å². The average Bonchev–Trinajstić information content (AvgIpc) is 1.99. The summed E-state index contributed by atoms with van der Waals surface area (Å²) in [7, 11) is 0. The van der Waals surface area contributed by atoms with Gasteiger partial charge in [-0.25, -0.2) is 0 Å². The molecule has 0 aromatic heterocycles. The molecule has 56 valence electrons. The van der Waals surface area contributed by atoms with Gasteiger partial charge in [0.1, 0.15) is 0 Å². The Bertz CT molecular complexity index is 266. The first-order valence-corrected chi connectivity index (χ1v) is 3.31. The summed E-state index contributed by atoms with van der Waals surface area (Å²) in [4.78, 5) is 11.1. The molecule has 0 spiro atoms. The third-order valence-corrected chi connectivity index (χ3v) is 1.52. The van der Waals surface area contributed by atoms with E-state index in [4.69, 9.17) is 11.5 Å². The number of allylic oxidation sites excluding steroid dienone is 4. The standard InChI is InChI=1S/C9H8O2/c1-2-4-7-5-3-6-8(10)9(7)11/h1,3,5-7,10H,4H2. The van der Waals surface area contributed by atoms with E-state index < -0.39 is 0 Å². The maximum absolute atomic E-state index is 11.1. The summed E-state index contributed by atoms with van der Waals surface area (Å²) in [5.74, 6) is 1.56. The molecule has 1 atom stereocenters. The fourth-order valence-corrected chi connectivity index (χ4v) is 0.928. The molecule has 0 radical (unpaired) electrons. The van der Waals surface area contributed by atoms with Gasteiger partial charge in [0.2, 0.25) is 5.78 Å². The van der Waals surface area contributed by atoms with Gasteiger partial charge in [0, 0.05) is 6.42 Å². The van der Waals surface area contributed by atoms with Crippen molar-refractivity contribution in [1.82, 2.24) is 0 Å². The minimum atomic E-state index is -0.329. The SMILES string of the molecule is C#CCC1C=CC=C(O)C1=O. The maximum Gasteiger partial charge on any atom is 0.204 e. The van der Waals surface area contributed by atoms with Crippen molar-refractivity contribution in [2.24, 2.45) is 5.92 Å². The van der Waals surface area contributed by atoms with Gasteiger partial charge in [-0.05, 0) is 6.08 Å². The number of carbonyl (C=O) groups is 1. The van der Waals surface area contributed by atoms with E-state index in [0.29, 0.717) is 6.42 Å². The summed E-state index contributed by atoms with van der Waals surface area (Å²) in [5.41, 5.74) is 0. The summed E-state index contributed by atoms with van der Waals surface area (Å²) in [6.45, 7) is 0. The van der Waals surface area contributed by atoms with Gasteiger partial charge in [0.25, 0.3) is 0 Å². The zero-order chi connectivity index (χ0) is 8.27. The predicted molar refractivity (Wildman–Crippen MR) is 41.8 cm³/mol. The van der Waals surface area contributed by atoms with Crippen molar-refractivity contribution >= 4 is 5.78 Å². The van der Waals surface area contributed by atoms with Crippen LogP contribution in [0.15, 0.2) is 24.0 Å². The largest absolute Gasteiger partial charge is 0.504 e. The highest BCUT2D eigenvalue weighted by atomic mass is 16.3. The molecular weight excluding hydrogens is 140 g/mol. The number of Topliss-reactive ketones (excluding diaryl/α,β-unsaturated/α-hetero) is 1. The van der Waals surface area contributed by atoms with Gasteiger partial charge in [-0.2, -0.15) is 0 Å². The molecule has 2 heteroatoms. The Balaban J connectivity index is 2.75. The maximum atomic E-state index is 11.1. The molecular formula is C9H8O2. The second kappa shape index (κ2) is 3.07. The average molecular weight is 148 g/mol. The fraction of sp³-hybridized carbons (Fsp3) is 0.222. The molecule has 0 fully saturated rings. The lowest BCUT2D eigenvalue weighted by atomic mass is 9.95. The number of hydrogen-bond donors (Lipinski definition) is 1. The molecule has 2 nitrogen and oxygen atoms in total. The summed E-state index contributed by atoms with van der Waals surface area (Å²) in [6.07, 6.45) is 10.1. The Morgan fingerprint density at radius 2 is 2.45 bits per heavy atom. The van der Waals surface area contributed by atoms with Gasteiger partial charge in [0.05, 0.1) is 5.92 Å². The van der Waals surface area contributed by atoms with Crippen molar-refractivity contribution in [3.8, 4) is 12.3 Å². The second-order valence-corrected chi connectivity index (χ2v) is 2.32. The van der Waals surface area contributed by atoms with Crippen LogP contribution >= 0.6 is 0 Å². The third-order valence-electron chi connectivity index (χ3n) is 1.52. The van der Waals surface area contributed by atoms with Gasteiger partial charge in [-0.15, -0.1) is 12.3 Å². The van der Waals surface area contributed by atoms with Crippen LogP contribution in [0, 0.1) is 18.3 Å². The second-order valence-electron chi connectivity index (χ2n) is 2.32. The number of aliphatic hydroxyl groups excluding tert-OH is 1. The lowest BCUT2D eigenvalue weighted by Gasteiger charge is -2.09. The molecule has 1 aliphatic carbocycles. The monoisotopic (exact) mass is 148 g/mol. The summed E-state index contributed by atoms with van der Waals surface area (Å²) >= 11 is 0. The number of hydrogen-bond acceptors (Lipinski definition) is 2.